The normalized spacial score (nSPS) is 11.0. The first-order valence-electron chi connectivity index (χ1n) is 6.90. The minimum atomic E-state index is -0.826. The molecule has 0 aromatic heterocycles. The molecule has 1 aromatic rings. The molecular weight excluding hydrogens is 256 g/mol. The average molecular weight is 280 g/mol. The Labute approximate surface area is 120 Å². The molecule has 0 aliphatic carbocycles. The van der Waals surface area contributed by atoms with Gasteiger partial charge in [0.25, 0.3) is 0 Å². The summed E-state index contributed by atoms with van der Waals surface area (Å²) in [6.07, 6.45) is 1.22. The van der Waals surface area contributed by atoms with E-state index < -0.39 is 5.60 Å². The molecule has 5 nitrogen and oxygen atoms in total. The molecule has 2 amide bonds. The molecule has 0 aliphatic heterocycles. The van der Waals surface area contributed by atoms with Crippen LogP contribution in [-0.4, -0.2) is 30.4 Å². The Balaban J connectivity index is 2.39. The summed E-state index contributed by atoms with van der Waals surface area (Å²) in [4.78, 5) is 11.7. The Hall–Kier alpha value is -1.75. The van der Waals surface area contributed by atoms with Gasteiger partial charge in [-0.2, -0.15) is 0 Å². The fourth-order valence-corrected chi connectivity index (χ4v) is 1.77. The van der Waals surface area contributed by atoms with Gasteiger partial charge in [-0.15, -0.1) is 0 Å². The molecular formula is C15H24N2O3. The number of amides is 2. The number of nitrogens with one attached hydrogen (secondary N) is 2. The van der Waals surface area contributed by atoms with Crippen LogP contribution < -0.4 is 15.4 Å². The molecule has 1 aromatic carbocycles. The molecule has 20 heavy (non-hydrogen) atoms. The quantitative estimate of drug-likeness (QED) is 0.716. The zero-order valence-electron chi connectivity index (χ0n) is 12.4. The highest BCUT2D eigenvalue weighted by Gasteiger charge is 2.22. The zero-order chi connectivity index (χ0) is 15.0. The lowest BCUT2D eigenvalue weighted by Gasteiger charge is -2.25. The number of benzene rings is 1. The van der Waals surface area contributed by atoms with E-state index in [4.69, 9.17) is 4.74 Å². The summed E-state index contributed by atoms with van der Waals surface area (Å²) in [7, 11) is 1.61. The first-order chi connectivity index (χ1) is 9.53. The van der Waals surface area contributed by atoms with Gasteiger partial charge in [-0.25, -0.2) is 4.79 Å². The van der Waals surface area contributed by atoms with Crippen LogP contribution in [0.1, 0.15) is 32.3 Å². The van der Waals surface area contributed by atoms with Crippen molar-refractivity contribution in [1.29, 1.82) is 0 Å². The number of carbonyl (C=O) groups is 1. The number of ether oxygens (including phenoxy) is 1. The predicted molar refractivity (Wildman–Crippen MR) is 78.8 cm³/mol. The summed E-state index contributed by atoms with van der Waals surface area (Å²) in [5.41, 5.74) is 0.133. The lowest BCUT2D eigenvalue weighted by molar-refractivity contribution is 0.0349. The van der Waals surface area contributed by atoms with Crippen LogP contribution in [0.4, 0.5) is 4.79 Å². The van der Waals surface area contributed by atoms with Crippen molar-refractivity contribution in [3.8, 4) is 5.75 Å². The van der Waals surface area contributed by atoms with Crippen LogP contribution in [0.2, 0.25) is 0 Å². The van der Waals surface area contributed by atoms with Gasteiger partial charge in [0.15, 0.2) is 0 Å². The van der Waals surface area contributed by atoms with Crippen LogP contribution in [0.25, 0.3) is 0 Å². The third-order valence-electron chi connectivity index (χ3n) is 3.48. The lowest BCUT2D eigenvalue weighted by Crippen LogP contribution is -2.45. The van der Waals surface area contributed by atoms with E-state index in [1.165, 1.54) is 0 Å². The molecule has 0 unspecified atom stereocenters. The summed E-state index contributed by atoms with van der Waals surface area (Å²) in [5.74, 6) is 0.760. The molecule has 0 heterocycles. The maximum absolute atomic E-state index is 11.7. The third kappa shape index (κ3) is 5.09. The number of rotatable bonds is 7. The van der Waals surface area contributed by atoms with E-state index >= 15 is 0 Å². The molecule has 0 atom stereocenters. The molecule has 112 valence electrons. The van der Waals surface area contributed by atoms with Crippen LogP contribution in [0.5, 0.6) is 5.75 Å². The SMILES string of the molecule is CCC(O)(CC)CNC(=O)NCc1cccc(OC)c1. The van der Waals surface area contributed by atoms with Gasteiger partial charge >= 0.3 is 6.03 Å². The van der Waals surface area contributed by atoms with Crippen LogP contribution in [0.15, 0.2) is 24.3 Å². The Morgan fingerprint density at radius 2 is 2.00 bits per heavy atom. The maximum atomic E-state index is 11.7. The van der Waals surface area contributed by atoms with Crippen molar-refractivity contribution in [1.82, 2.24) is 10.6 Å². The van der Waals surface area contributed by atoms with Crippen molar-refractivity contribution < 1.29 is 14.6 Å². The Kier molecular flexibility index (Phi) is 6.31. The highest BCUT2D eigenvalue weighted by atomic mass is 16.5. The van der Waals surface area contributed by atoms with Crippen molar-refractivity contribution in [3.05, 3.63) is 29.8 Å². The number of carbonyl (C=O) groups excluding carboxylic acids is 1. The summed E-state index contributed by atoms with van der Waals surface area (Å²) in [5, 5.41) is 15.5. The number of hydrogen-bond donors (Lipinski definition) is 3. The summed E-state index contributed by atoms with van der Waals surface area (Å²) in [6.45, 7) is 4.47. The highest BCUT2D eigenvalue weighted by molar-refractivity contribution is 5.73. The molecule has 0 saturated carbocycles. The molecule has 0 spiro atoms. The van der Waals surface area contributed by atoms with Crippen molar-refractivity contribution in [2.75, 3.05) is 13.7 Å². The standard InChI is InChI=1S/C15H24N2O3/c1-4-15(19,5-2)11-17-14(18)16-10-12-7-6-8-13(9-12)20-3/h6-9,19H,4-5,10-11H2,1-3H3,(H2,16,17,18). The van der Waals surface area contributed by atoms with Crippen LogP contribution >= 0.6 is 0 Å². The van der Waals surface area contributed by atoms with Crippen LogP contribution in [0.3, 0.4) is 0 Å². The number of hydrogen-bond acceptors (Lipinski definition) is 3. The van der Waals surface area contributed by atoms with Gasteiger partial charge in [0.2, 0.25) is 0 Å². The van der Waals surface area contributed by atoms with Gasteiger partial charge < -0.3 is 20.5 Å². The number of methoxy groups -OCH3 is 1. The van der Waals surface area contributed by atoms with Crippen molar-refractivity contribution in [3.63, 3.8) is 0 Å². The topological polar surface area (TPSA) is 70.6 Å². The Morgan fingerprint density at radius 3 is 2.60 bits per heavy atom. The minimum absolute atomic E-state index is 0.254. The van der Waals surface area contributed by atoms with E-state index in [0.29, 0.717) is 19.4 Å². The second kappa shape index (κ2) is 7.75. The highest BCUT2D eigenvalue weighted by Crippen LogP contribution is 2.13. The van der Waals surface area contributed by atoms with E-state index in [1.54, 1.807) is 7.11 Å². The number of urea groups is 1. The second-order valence-corrected chi connectivity index (χ2v) is 4.82. The van der Waals surface area contributed by atoms with E-state index in [9.17, 15) is 9.90 Å². The van der Waals surface area contributed by atoms with E-state index in [2.05, 4.69) is 10.6 Å². The molecule has 5 heteroatoms. The summed E-state index contributed by atoms with van der Waals surface area (Å²) in [6, 6.07) is 7.23. The maximum Gasteiger partial charge on any atom is 0.315 e. The molecule has 0 fully saturated rings. The fourth-order valence-electron chi connectivity index (χ4n) is 1.77. The van der Waals surface area contributed by atoms with Gasteiger partial charge in [0.05, 0.1) is 12.7 Å². The molecule has 0 saturated heterocycles. The summed E-state index contributed by atoms with van der Waals surface area (Å²) >= 11 is 0. The van der Waals surface area contributed by atoms with Crippen molar-refractivity contribution in [2.45, 2.75) is 38.8 Å². The fraction of sp³-hybridized carbons (Fsp3) is 0.533. The Morgan fingerprint density at radius 1 is 1.30 bits per heavy atom. The van der Waals surface area contributed by atoms with Gasteiger partial charge in [-0.05, 0) is 30.5 Å². The van der Waals surface area contributed by atoms with E-state index in [-0.39, 0.29) is 12.6 Å². The molecule has 0 aliphatic rings. The summed E-state index contributed by atoms with van der Waals surface area (Å²) < 4.78 is 5.12. The van der Waals surface area contributed by atoms with Crippen LogP contribution in [-0.2, 0) is 6.54 Å². The minimum Gasteiger partial charge on any atom is -0.497 e. The van der Waals surface area contributed by atoms with Crippen molar-refractivity contribution in [2.24, 2.45) is 0 Å². The monoisotopic (exact) mass is 280 g/mol. The van der Waals surface area contributed by atoms with Crippen molar-refractivity contribution >= 4 is 6.03 Å². The van der Waals surface area contributed by atoms with E-state index in [1.807, 2.05) is 38.1 Å². The third-order valence-corrected chi connectivity index (χ3v) is 3.48. The molecule has 1 rings (SSSR count). The smallest absolute Gasteiger partial charge is 0.315 e. The van der Waals surface area contributed by atoms with Gasteiger partial charge in [-0.3, -0.25) is 0 Å². The largest absolute Gasteiger partial charge is 0.497 e. The molecule has 0 bridgehead atoms. The van der Waals surface area contributed by atoms with Gasteiger partial charge in [0.1, 0.15) is 5.75 Å². The number of aliphatic hydroxyl groups is 1. The molecule has 3 N–H and O–H groups in total. The van der Waals surface area contributed by atoms with Gasteiger partial charge in [0, 0.05) is 13.1 Å². The van der Waals surface area contributed by atoms with E-state index in [0.717, 1.165) is 11.3 Å². The average Bonchev–Trinajstić information content (AvgIpc) is 2.50. The predicted octanol–water partition coefficient (Wildman–Crippen LogP) is 2.05. The second-order valence-electron chi connectivity index (χ2n) is 4.82. The first-order valence-corrected chi connectivity index (χ1v) is 6.90. The Bertz CT molecular complexity index is 431. The molecule has 0 radical (unpaired) electrons. The lowest BCUT2D eigenvalue weighted by atomic mass is 9.98. The van der Waals surface area contributed by atoms with Crippen LogP contribution in [0, 0.1) is 0 Å². The first kappa shape index (κ1) is 16.3. The van der Waals surface area contributed by atoms with Gasteiger partial charge in [-0.1, -0.05) is 26.0 Å². The zero-order valence-corrected chi connectivity index (χ0v) is 12.4.